The molecule has 0 radical (unpaired) electrons. The smallest absolute Gasteiger partial charge is 0.0658 e. The van der Waals surface area contributed by atoms with Gasteiger partial charge >= 0.3 is 0 Å². The van der Waals surface area contributed by atoms with Gasteiger partial charge in [0.1, 0.15) is 0 Å². The van der Waals surface area contributed by atoms with E-state index < -0.39 is 0 Å². The zero-order valence-electron chi connectivity index (χ0n) is 9.26. The maximum absolute atomic E-state index is 9.36. The molecule has 0 bridgehead atoms. The molecule has 0 fully saturated rings. The summed E-state index contributed by atoms with van der Waals surface area (Å²) in [6, 6.07) is 8.00. The van der Waals surface area contributed by atoms with Crippen LogP contribution in [0.25, 0.3) is 0 Å². The van der Waals surface area contributed by atoms with E-state index in [0.717, 1.165) is 23.0 Å². The van der Waals surface area contributed by atoms with Crippen molar-refractivity contribution in [1.82, 2.24) is 0 Å². The number of aliphatic hydroxyl groups is 1. The second kappa shape index (κ2) is 5.52. The molecule has 1 unspecified atom stereocenters. The summed E-state index contributed by atoms with van der Waals surface area (Å²) in [5, 5.41) is 12.7. The second-order valence-electron chi connectivity index (χ2n) is 4.10. The van der Waals surface area contributed by atoms with Crippen LogP contribution in [0, 0.1) is 0 Å². The maximum atomic E-state index is 9.36. The van der Waals surface area contributed by atoms with Gasteiger partial charge in [0, 0.05) is 10.2 Å². The molecule has 0 aromatic heterocycles. The number of hydrogen-bond acceptors (Lipinski definition) is 2. The van der Waals surface area contributed by atoms with Crippen molar-refractivity contribution in [1.29, 1.82) is 0 Å². The van der Waals surface area contributed by atoms with Crippen LogP contribution in [0.1, 0.15) is 26.7 Å². The summed E-state index contributed by atoms with van der Waals surface area (Å²) in [6.07, 6.45) is 2.01. The van der Waals surface area contributed by atoms with E-state index in [1.807, 2.05) is 31.2 Å². The minimum atomic E-state index is -0.220. The Bertz CT molecular complexity index is 299. The number of anilines is 1. The molecular formula is C12H18BrNO. The van der Waals surface area contributed by atoms with Crippen molar-refractivity contribution in [3.8, 4) is 0 Å². The largest absolute Gasteiger partial charge is 0.394 e. The molecule has 1 aromatic carbocycles. The van der Waals surface area contributed by atoms with E-state index in [1.165, 1.54) is 0 Å². The Morgan fingerprint density at radius 1 is 1.33 bits per heavy atom. The zero-order chi connectivity index (χ0) is 11.3. The monoisotopic (exact) mass is 271 g/mol. The Hall–Kier alpha value is -0.540. The van der Waals surface area contributed by atoms with Gasteiger partial charge in [0.15, 0.2) is 0 Å². The van der Waals surface area contributed by atoms with Crippen LogP contribution in [0.2, 0.25) is 0 Å². The Labute approximate surface area is 99.8 Å². The fraction of sp³-hybridized carbons (Fsp3) is 0.500. The molecule has 15 heavy (non-hydrogen) atoms. The topological polar surface area (TPSA) is 32.3 Å². The molecule has 0 amide bonds. The van der Waals surface area contributed by atoms with Crippen LogP contribution in [0.5, 0.6) is 0 Å². The Morgan fingerprint density at radius 3 is 2.40 bits per heavy atom. The molecular weight excluding hydrogens is 254 g/mol. The van der Waals surface area contributed by atoms with Crippen LogP contribution in [0.15, 0.2) is 28.7 Å². The van der Waals surface area contributed by atoms with E-state index in [-0.39, 0.29) is 12.1 Å². The van der Waals surface area contributed by atoms with Gasteiger partial charge < -0.3 is 10.4 Å². The molecule has 0 heterocycles. The van der Waals surface area contributed by atoms with Gasteiger partial charge in [-0.3, -0.25) is 0 Å². The molecule has 0 aliphatic rings. The minimum Gasteiger partial charge on any atom is -0.394 e. The van der Waals surface area contributed by atoms with Gasteiger partial charge in [-0.05, 0) is 37.6 Å². The van der Waals surface area contributed by atoms with Crippen molar-refractivity contribution in [3.05, 3.63) is 28.7 Å². The first-order valence-electron chi connectivity index (χ1n) is 5.24. The zero-order valence-corrected chi connectivity index (χ0v) is 10.8. The van der Waals surface area contributed by atoms with Crippen LogP contribution in [-0.2, 0) is 0 Å². The molecule has 1 atom stereocenters. The number of aliphatic hydroxyl groups excluding tert-OH is 1. The lowest BCUT2D eigenvalue weighted by Gasteiger charge is -2.29. The lowest BCUT2D eigenvalue weighted by molar-refractivity contribution is 0.214. The second-order valence-corrected chi connectivity index (χ2v) is 5.02. The summed E-state index contributed by atoms with van der Waals surface area (Å²) in [6.45, 7) is 4.31. The first-order chi connectivity index (χ1) is 7.09. The molecule has 2 N–H and O–H groups in total. The highest BCUT2D eigenvalue weighted by atomic mass is 79.9. The third-order valence-corrected chi connectivity index (χ3v) is 2.97. The van der Waals surface area contributed by atoms with Crippen LogP contribution < -0.4 is 5.32 Å². The van der Waals surface area contributed by atoms with Crippen molar-refractivity contribution in [2.24, 2.45) is 0 Å². The van der Waals surface area contributed by atoms with Crippen molar-refractivity contribution in [2.75, 3.05) is 11.9 Å². The van der Waals surface area contributed by atoms with Gasteiger partial charge in [-0.2, -0.15) is 0 Å². The summed E-state index contributed by atoms with van der Waals surface area (Å²) >= 11 is 3.40. The van der Waals surface area contributed by atoms with Gasteiger partial charge in [-0.15, -0.1) is 0 Å². The number of rotatable bonds is 5. The molecule has 1 rings (SSSR count). The molecule has 0 spiro atoms. The van der Waals surface area contributed by atoms with Crippen molar-refractivity contribution >= 4 is 21.6 Å². The average molecular weight is 272 g/mol. The van der Waals surface area contributed by atoms with Gasteiger partial charge in [0.2, 0.25) is 0 Å². The third-order valence-electron chi connectivity index (χ3n) is 2.44. The lowest BCUT2D eigenvalue weighted by atomic mass is 9.97. The van der Waals surface area contributed by atoms with Gasteiger partial charge in [-0.1, -0.05) is 29.3 Å². The molecule has 3 heteroatoms. The van der Waals surface area contributed by atoms with E-state index in [2.05, 4.69) is 28.2 Å². The Morgan fingerprint density at radius 2 is 1.93 bits per heavy atom. The van der Waals surface area contributed by atoms with Gasteiger partial charge in [0.25, 0.3) is 0 Å². The summed E-state index contributed by atoms with van der Waals surface area (Å²) in [5.41, 5.74) is 0.825. The highest BCUT2D eigenvalue weighted by Crippen LogP contribution is 2.21. The average Bonchev–Trinajstić information content (AvgIpc) is 2.22. The van der Waals surface area contributed by atoms with Crippen molar-refractivity contribution in [3.63, 3.8) is 0 Å². The highest BCUT2D eigenvalue weighted by molar-refractivity contribution is 9.10. The summed E-state index contributed by atoms with van der Waals surface area (Å²) in [5.74, 6) is 0. The fourth-order valence-corrected chi connectivity index (χ4v) is 1.88. The van der Waals surface area contributed by atoms with Crippen LogP contribution in [-0.4, -0.2) is 17.3 Å². The Kier molecular flexibility index (Phi) is 4.61. The number of benzene rings is 1. The minimum absolute atomic E-state index is 0.150. The standard InChI is InChI=1S/C12H18BrNO/c1-3-8-12(2,9-15)14-11-6-4-10(13)5-7-11/h4-7,14-15H,3,8-9H2,1-2H3. The molecule has 2 nitrogen and oxygen atoms in total. The van der Waals surface area contributed by atoms with Crippen LogP contribution in [0.4, 0.5) is 5.69 Å². The van der Waals surface area contributed by atoms with Gasteiger partial charge in [0.05, 0.1) is 12.1 Å². The fourth-order valence-electron chi connectivity index (χ4n) is 1.61. The van der Waals surface area contributed by atoms with Crippen LogP contribution in [0.3, 0.4) is 0 Å². The van der Waals surface area contributed by atoms with E-state index >= 15 is 0 Å². The number of hydrogen-bond donors (Lipinski definition) is 2. The van der Waals surface area contributed by atoms with E-state index in [4.69, 9.17) is 0 Å². The summed E-state index contributed by atoms with van der Waals surface area (Å²) in [4.78, 5) is 0. The first-order valence-corrected chi connectivity index (χ1v) is 6.03. The van der Waals surface area contributed by atoms with Crippen molar-refractivity contribution < 1.29 is 5.11 Å². The molecule has 0 saturated carbocycles. The van der Waals surface area contributed by atoms with Crippen LogP contribution >= 0.6 is 15.9 Å². The molecule has 0 aliphatic carbocycles. The summed E-state index contributed by atoms with van der Waals surface area (Å²) in [7, 11) is 0. The third kappa shape index (κ3) is 3.84. The van der Waals surface area contributed by atoms with E-state index in [0.29, 0.717) is 0 Å². The maximum Gasteiger partial charge on any atom is 0.0658 e. The molecule has 0 saturated heterocycles. The summed E-state index contributed by atoms with van der Waals surface area (Å²) < 4.78 is 1.06. The molecule has 84 valence electrons. The predicted molar refractivity (Wildman–Crippen MR) is 68.2 cm³/mol. The normalized spacial score (nSPS) is 14.7. The van der Waals surface area contributed by atoms with Crippen molar-refractivity contribution in [2.45, 2.75) is 32.2 Å². The van der Waals surface area contributed by atoms with Gasteiger partial charge in [-0.25, -0.2) is 0 Å². The number of nitrogens with one attached hydrogen (secondary N) is 1. The van der Waals surface area contributed by atoms with E-state index in [9.17, 15) is 5.11 Å². The molecule has 1 aromatic rings. The first kappa shape index (κ1) is 12.5. The molecule has 0 aliphatic heterocycles. The highest BCUT2D eigenvalue weighted by Gasteiger charge is 2.21. The van der Waals surface area contributed by atoms with E-state index in [1.54, 1.807) is 0 Å². The quantitative estimate of drug-likeness (QED) is 0.860. The Balaban J connectivity index is 2.70. The SMILES string of the molecule is CCCC(C)(CO)Nc1ccc(Br)cc1. The number of halogens is 1. The predicted octanol–water partition coefficient (Wildman–Crippen LogP) is 3.41. The lowest BCUT2D eigenvalue weighted by Crippen LogP contribution is -2.38.